The van der Waals surface area contributed by atoms with Crippen LogP contribution in [0.1, 0.15) is 54.6 Å². The van der Waals surface area contributed by atoms with Gasteiger partial charge in [-0.3, -0.25) is 39.3 Å². The number of hydrogen-bond donors (Lipinski definition) is 2. The quantitative estimate of drug-likeness (QED) is 0.243. The first-order valence-electron chi connectivity index (χ1n) is 19.1. The van der Waals surface area contributed by atoms with Crippen LogP contribution in [0.5, 0.6) is 11.5 Å². The third-order valence-electron chi connectivity index (χ3n) is 12.3. The summed E-state index contributed by atoms with van der Waals surface area (Å²) < 4.78 is 13.5. The maximum atomic E-state index is 12.8. The number of rotatable bonds is 9. The Labute approximate surface area is 319 Å². The predicted molar refractivity (Wildman–Crippen MR) is 207 cm³/mol. The van der Waals surface area contributed by atoms with Crippen molar-refractivity contribution in [3.8, 4) is 22.6 Å². The molecule has 7 heterocycles. The van der Waals surface area contributed by atoms with E-state index in [4.69, 9.17) is 9.47 Å². The van der Waals surface area contributed by atoms with Crippen molar-refractivity contribution in [3.05, 3.63) is 76.7 Å². The van der Waals surface area contributed by atoms with Crippen LogP contribution in [0.15, 0.2) is 59.9 Å². The van der Waals surface area contributed by atoms with E-state index in [2.05, 4.69) is 47.4 Å². The zero-order chi connectivity index (χ0) is 38.3. The molecule has 14 nitrogen and oxygen atoms in total. The van der Waals surface area contributed by atoms with Gasteiger partial charge in [0.15, 0.2) is 0 Å². The molecule has 2 N–H and O–H groups in total. The summed E-state index contributed by atoms with van der Waals surface area (Å²) in [7, 11) is 5.16. The van der Waals surface area contributed by atoms with Gasteiger partial charge < -0.3 is 24.3 Å². The molecular weight excluding hydrogens is 701 g/mol. The number of nitrogens with one attached hydrogen (secondary N) is 2. The average molecular weight is 749 g/mol. The van der Waals surface area contributed by atoms with Crippen molar-refractivity contribution < 1.29 is 23.9 Å². The molecule has 0 bridgehead atoms. The lowest BCUT2D eigenvalue weighted by Crippen LogP contribution is -2.62. The lowest BCUT2D eigenvalue weighted by Gasteiger charge is -2.52. The molecule has 8 rings (SSSR count). The predicted octanol–water partition coefficient (Wildman–Crippen LogP) is 3.11. The lowest BCUT2D eigenvalue weighted by atomic mass is 9.71. The number of carbonyl (C=O) groups excluding carboxylic acids is 3. The monoisotopic (exact) mass is 748 g/mol. The first-order chi connectivity index (χ1) is 26.6. The standard InChI is InChI=1S/C41H48N8O6/c1-46-24-31(29-8-13-42-21-30(29)40(46)53)26-18-35(54-2)32(36(19-26)55-3)25-47-14-9-41(10-15-47)11-16-48(17-12-41)28-22-49(23-28)27-4-5-33(43-20-27)38(51)44-34-6-7-37(50)45-39(34)52/h4-5,8,13,18-21,24,28,34H,6-7,9-12,14-17,22-23,25H2,1-3H3,(H,44,51)(H,45,50,52). The van der Waals surface area contributed by atoms with Gasteiger partial charge in [0.1, 0.15) is 23.2 Å². The second kappa shape index (κ2) is 15.1. The van der Waals surface area contributed by atoms with Crippen LogP contribution < -0.4 is 30.6 Å². The molecule has 0 saturated carbocycles. The number of hydrogen-bond acceptors (Lipinski definition) is 11. The number of aryl methyl sites for hydroxylation is 1. The number of imide groups is 1. The van der Waals surface area contributed by atoms with E-state index >= 15 is 0 Å². The average Bonchev–Trinajstić information content (AvgIpc) is 3.18. The maximum absolute atomic E-state index is 12.8. The fourth-order valence-electron chi connectivity index (χ4n) is 8.78. The summed E-state index contributed by atoms with van der Waals surface area (Å²) in [4.78, 5) is 64.9. The van der Waals surface area contributed by atoms with Gasteiger partial charge >= 0.3 is 0 Å². The Morgan fingerprint density at radius 2 is 1.65 bits per heavy atom. The Kier molecular flexibility index (Phi) is 10.0. The fourth-order valence-corrected chi connectivity index (χ4v) is 8.78. The van der Waals surface area contributed by atoms with Crippen molar-refractivity contribution >= 4 is 34.2 Å². The molecular formula is C41H48N8O6. The van der Waals surface area contributed by atoms with Gasteiger partial charge in [0.25, 0.3) is 11.5 Å². The number of anilines is 1. The second-order valence-electron chi connectivity index (χ2n) is 15.5. The molecule has 55 heavy (non-hydrogen) atoms. The highest BCUT2D eigenvalue weighted by molar-refractivity contribution is 6.03. The highest BCUT2D eigenvalue weighted by atomic mass is 16.5. The Morgan fingerprint density at radius 1 is 0.945 bits per heavy atom. The zero-order valence-electron chi connectivity index (χ0n) is 31.7. The number of carbonyl (C=O) groups is 3. The third-order valence-corrected chi connectivity index (χ3v) is 12.3. The first-order valence-corrected chi connectivity index (χ1v) is 19.1. The Morgan fingerprint density at radius 3 is 2.31 bits per heavy atom. The van der Waals surface area contributed by atoms with Gasteiger partial charge in [0.05, 0.1) is 37.1 Å². The number of fused-ring (bicyclic) bond motifs is 1. The molecule has 3 aromatic heterocycles. The molecule has 3 amide bonds. The summed E-state index contributed by atoms with van der Waals surface area (Å²) in [6.45, 7) is 6.87. The molecule has 1 spiro atoms. The minimum atomic E-state index is -0.725. The number of methoxy groups -OCH3 is 2. The number of pyridine rings is 3. The molecule has 4 saturated heterocycles. The van der Waals surface area contributed by atoms with E-state index in [0.29, 0.717) is 23.3 Å². The van der Waals surface area contributed by atoms with E-state index in [1.54, 1.807) is 50.5 Å². The fraction of sp³-hybridized carbons (Fsp3) is 0.463. The highest BCUT2D eigenvalue weighted by Crippen LogP contribution is 2.44. The van der Waals surface area contributed by atoms with E-state index in [1.165, 1.54) is 25.7 Å². The van der Waals surface area contributed by atoms with Gasteiger partial charge in [0.2, 0.25) is 11.8 Å². The van der Waals surface area contributed by atoms with Crippen LogP contribution in [0.3, 0.4) is 0 Å². The van der Waals surface area contributed by atoms with E-state index in [9.17, 15) is 19.2 Å². The number of ether oxygens (including phenoxy) is 2. The third kappa shape index (κ3) is 7.28. The SMILES string of the molecule is COc1cc(-c2cn(C)c(=O)c3cnccc23)cc(OC)c1CN1CCC2(CC1)CCN(C1CN(c3ccc(C(=O)NC4CCC(=O)NC4=O)nc3)C1)CC2. The van der Waals surface area contributed by atoms with Crippen molar-refractivity contribution in [2.45, 2.75) is 57.2 Å². The summed E-state index contributed by atoms with van der Waals surface area (Å²) in [6, 6.07) is 9.37. The molecule has 1 aromatic carbocycles. The van der Waals surface area contributed by atoms with Gasteiger partial charge in [-0.1, -0.05) is 0 Å². The Bertz CT molecular complexity index is 2140. The van der Waals surface area contributed by atoms with E-state index in [-0.39, 0.29) is 23.6 Å². The van der Waals surface area contributed by atoms with Crippen molar-refractivity contribution in [1.29, 1.82) is 0 Å². The summed E-state index contributed by atoms with van der Waals surface area (Å²) in [5.41, 5.74) is 4.40. The molecule has 1 atom stereocenters. The molecule has 4 fully saturated rings. The van der Waals surface area contributed by atoms with Gasteiger partial charge in [-0.2, -0.15) is 0 Å². The molecule has 0 aliphatic carbocycles. The van der Waals surface area contributed by atoms with E-state index < -0.39 is 17.9 Å². The van der Waals surface area contributed by atoms with Gasteiger partial charge in [-0.25, -0.2) is 4.98 Å². The van der Waals surface area contributed by atoms with E-state index in [0.717, 1.165) is 85.1 Å². The van der Waals surface area contributed by atoms with Crippen LogP contribution >= 0.6 is 0 Å². The molecule has 4 aromatic rings. The maximum Gasteiger partial charge on any atom is 0.270 e. The largest absolute Gasteiger partial charge is 0.496 e. The van der Waals surface area contributed by atoms with Crippen LogP contribution in [0, 0.1) is 5.41 Å². The van der Waals surface area contributed by atoms with Crippen molar-refractivity contribution in [2.75, 3.05) is 58.4 Å². The topological polar surface area (TPSA) is 151 Å². The van der Waals surface area contributed by atoms with Crippen molar-refractivity contribution in [3.63, 3.8) is 0 Å². The number of piperidine rings is 3. The van der Waals surface area contributed by atoms with Crippen molar-refractivity contribution in [2.24, 2.45) is 12.5 Å². The van der Waals surface area contributed by atoms with E-state index in [1.807, 2.05) is 18.3 Å². The number of benzene rings is 1. The van der Waals surface area contributed by atoms with Crippen LogP contribution in [0.2, 0.25) is 0 Å². The van der Waals surface area contributed by atoms with Gasteiger partial charge in [-0.05, 0) is 105 Å². The van der Waals surface area contributed by atoms with Gasteiger partial charge in [0, 0.05) is 63.3 Å². The summed E-state index contributed by atoms with van der Waals surface area (Å²) >= 11 is 0. The number of nitrogens with zero attached hydrogens (tertiary/aromatic N) is 6. The minimum Gasteiger partial charge on any atom is -0.496 e. The molecule has 288 valence electrons. The van der Waals surface area contributed by atoms with Crippen LogP contribution in [-0.4, -0.2) is 108 Å². The smallest absolute Gasteiger partial charge is 0.270 e. The minimum absolute atomic E-state index is 0.0809. The number of amides is 3. The molecule has 4 aliphatic rings. The molecule has 4 aliphatic heterocycles. The zero-order valence-corrected chi connectivity index (χ0v) is 31.7. The summed E-state index contributed by atoms with van der Waals surface area (Å²) in [5, 5.41) is 6.37. The number of aromatic nitrogens is 3. The number of likely N-dealkylation sites (tertiary alicyclic amines) is 2. The van der Waals surface area contributed by atoms with Crippen molar-refractivity contribution in [1.82, 2.24) is 35.0 Å². The summed E-state index contributed by atoms with van der Waals surface area (Å²) in [5.74, 6) is 0.333. The second-order valence-corrected chi connectivity index (χ2v) is 15.5. The normalized spacial score (nSPS) is 20.6. The summed E-state index contributed by atoms with van der Waals surface area (Å²) in [6.07, 6.45) is 12.2. The molecule has 0 radical (unpaired) electrons. The first kappa shape index (κ1) is 36.6. The Hall–Kier alpha value is -5.34. The van der Waals surface area contributed by atoms with Crippen LogP contribution in [-0.2, 0) is 23.2 Å². The highest BCUT2D eigenvalue weighted by Gasteiger charge is 2.41. The van der Waals surface area contributed by atoms with Gasteiger partial charge in [-0.15, -0.1) is 0 Å². The van der Waals surface area contributed by atoms with Crippen LogP contribution in [0.25, 0.3) is 21.9 Å². The van der Waals surface area contributed by atoms with Crippen LogP contribution in [0.4, 0.5) is 5.69 Å². The molecule has 1 unspecified atom stereocenters. The Balaban J connectivity index is 0.831. The molecule has 14 heteroatoms. The lowest BCUT2D eigenvalue weighted by molar-refractivity contribution is -0.134.